The number of methoxy groups -OCH3 is 1. The molecule has 1 rings (SSSR count). The molecule has 3 nitrogen and oxygen atoms in total. The minimum atomic E-state index is -0.396. The molecule has 0 saturated heterocycles. The van der Waals surface area contributed by atoms with Gasteiger partial charge in [-0.05, 0) is 37.0 Å². The van der Waals surface area contributed by atoms with Gasteiger partial charge in [0.05, 0.1) is 13.2 Å². The first kappa shape index (κ1) is 13.7. The van der Waals surface area contributed by atoms with Gasteiger partial charge in [-0.2, -0.15) is 0 Å². The van der Waals surface area contributed by atoms with Crippen molar-refractivity contribution in [1.82, 2.24) is 0 Å². The smallest absolute Gasteiger partial charge is 0.149 e. The molecule has 0 radical (unpaired) electrons. The van der Waals surface area contributed by atoms with E-state index in [4.69, 9.17) is 10.5 Å². The lowest BCUT2D eigenvalue weighted by molar-refractivity contribution is -0.119. The standard InChI is InChI=1S/C14H21NO2/c1-5-13(16)12(15)8-11-6-9(2)14(17-4)10(3)7-11/h6-7,12H,5,8,15H2,1-4H3. The van der Waals surface area contributed by atoms with Crippen LogP contribution in [-0.4, -0.2) is 18.9 Å². The van der Waals surface area contributed by atoms with Crippen LogP contribution in [0.15, 0.2) is 12.1 Å². The van der Waals surface area contributed by atoms with Crippen molar-refractivity contribution >= 4 is 5.78 Å². The predicted molar refractivity (Wildman–Crippen MR) is 69.4 cm³/mol. The molecule has 1 aromatic rings. The Kier molecular flexibility index (Phi) is 4.70. The lowest BCUT2D eigenvalue weighted by Gasteiger charge is -2.14. The molecule has 1 unspecified atom stereocenters. The van der Waals surface area contributed by atoms with Crippen LogP contribution in [0.5, 0.6) is 5.75 Å². The Morgan fingerprint density at radius 2 is 1.88 bits per heavy atom. The molecule has 0 aliphatic heterocycles. The molecule has 0 fully saturated rings. The molecule has 0 saturated carbocycles. The molecular weight excluding hydrogens is 214 g/mol. The molecule has 0 aliphatic carbocycles. The van der Waals surface area contributed by atoms with Crippen LogP contribution in [0, 0.1) is 13.8 Å². The van der Waals surface area contributed by atoms with Crippen LogP contribution in [0.4, 0.5) is 0 Å². The maximum atomic E-state index is 11.5. The highest BCUT2D eigenvalue weighted by Crippen LogP contribution is 2.24. The molecule has 94 valence electrons. The number of benzene rings is 1. The third-order valence-corrected chi connectivity index (χ3v) is 2.94. The normalized spacial score (nSPS) is 12.3. The van der Waals surface area contributed by atoms with Crippen molar-refractivity contribution < 1.29 is 9.53 Å². The van der Waals surface area contributed by atoms with Crippen LogP contribution < -0.4 is 10.5 Å². The van der Waals surface area contributed by atoms with Crippen LogP contribution in [0.25, 0.3) is 0 Å². The number of hydrogen-bond acceptors (Lipinski definition) is 3. The van der Waals surface area contributed by atoms with Gasteiger partial charge >= 0.3 is 0 Å². The van der Waals surface area contributed by atoms with Crippen LogP contribution in [0.1, 0.15) is 30.0 Å². The Bertz CT molecular complexity index is 390. The van der Waals surface area contributed by atoms with E-state index >= 15 is 0 Å². The van der Waals surface area contributed by atoms with Gasteiger partial charge in [-0.1, -0.05) is 19.1 Å². The number of rotatable bonds is 5. The van der Waals surface area contributed by atoms with Crippen molar-refractivity contribution in [2.45, 2.75) is 39.7 Å². The van der Waals surface area contributed by atoms with Gasteiger partial charge in [0, 0.05) is 6.42 Å². The van der Waals surface area contributed by atoms with Crippen molar-refractivity contribution in [3.63, 3.8) is 0 Å². The molecule has 0 spiro atoms. The maximum absolute atomic E-state index is 11.5. The summed E-state index contributed by atoms with van der Waals surface area (Å²) in [5.41, 5.74) is 9.11. The van der Waals surface area contributed by atoms with E-state index in [1.165, 1.54) is 0 Å². The van der Waals surface area contributed by atoms with Crippen LogP contribution in [0.2, 0.25) is 0 Å². The van der Waals surface area contributed by atoms with Crippen molar-refractivity contribution in [3.8, 4) is 5.75 Å². The number of ketones is 1. The molecule has 0 aromatic heterocycles. The van der Waals surface area contributed by atoms with E-state index < -0.39 is 6.04 Å². The number of carbonyl (C=O) groups is 1. The summed E-state index contributed by atoms with van der Waals surface area (Å²) in [5, 5.41) is 0. The quantitative estimate of drug-likeness (QED) is 0.851. The summed E-state index contributed by atoms with van der Waals surface area (Å²) in [6.45, 7) is 5.84. The van der Waals surface area contributed by atoms with E-state index in [2.05, 4.69) is 0 Å². The summed E-state index contributed by atoms with van der Waals surface area (Å²) >= 11 is 0. The fourth-order valence-electron chi connectivity index (χ4n) is 2.11. The third kappa shape index (κ3) is 3.30. The van der Waals surface area contributed by atoms with Crippen LogP contribution in [-0.2, 0) is 11.2 Å². The molecular formula is C14H21NO2. The van der Waals surface area contributed by atoms with Gasteiger partial charge in [0.25, 0.3) is 0 Å². The van der Waals surface area contributed by atoms with E-state index in [1.54, 1.807) is 7.11 Å². The average molecular weight is 235 g/mol. The zero-order valence-electron chi connectivity index (χ0n) is 11.0. The van der Waals surface area contributed by atoms with Crippen LogP contribution >= 0.6 is 0 Å². The number of ether oxygens (including phenoxy) is 1. The Hall–Kier alpha value is -1.35. The van der Waals surface area contributed by atoms with Gasteiger partial charge in [-0.25, -0.2) is 0 Å². The third-order valence-electron chi connectivity index (χ3n) is 2.94. The first-order valence-corrected chi connectivity index (χ1v) is 5.92. The average Bonchev–Trinajstić information content (AvgIpc) is 2.27. The van der Waals surface area contributed by atoms with Crippen molar-refractivity contribution in [1.29, 1.82) is 0 Å². The van der Waals surface area contributed by atoms with Gasteiger partial charge in [-0.3, -0.25) is 4.79 Å². The molecule has 0 bridgehead atoms. The summed E-state index contributed by atoms with van der Waals surface area (Å²) in [6, 6.07) is 3.68. The lowest BCUT2D eigenvalue weighted by Crippen LogP contribution is -2.32. The maximum Gasteiger partial charge on any atom is 0.149 e. The topological polar surface area (TPSA) is 52.3 Å². The van der Waals surface area contributed by atoms with Crippen molar-refractivity contribution in [3.05, 3.63) is 28.8 Å². The number of carbonyl (C=O) groups excluding carboxylic acids is 1. The number of hydrogen-bond donors (Lipinski definition) is 1. The second kappa shape index (κ2) is 5.82. The van der Waals surface area contributed by atoms with E-state index in [-0.39, 0.29) is 5.78 Å². The minimum Gasteiger partial charge on any atom is -0.496 e. The van der Waals surface area contributed by atoms with Gasteiger partial charge in [0.15, 0.2) is 0 Å². The first-order chi connectivity index (χ1) is 7.99. The highest BCUT2D eigenvalue weighted by molar-refractivity contribution is 5.83. The minimum absolute atomic E-state index is 0.108. The SMILES string of the molecule is CCC(=O)C(N)Cc1cc(C)c(OC)c(C)c1. The lowest BCUT2D eigenvalue weighted by atomic mass is 9.98. The van der Waals surface area contributed by atoms with E-state index in [0.29, 0.717) is 12.8 Å². The molecule has 1 aromatic carbocycles. The molecule has 0 aliphatic rings. The summed E-state index contributed by atoms with van der Waals surface area (Å²) in [7, 11) is 1.67. The second-order valence-electron chi connectivity index (χ2n) is 4.39. The van der Waals surface area contributed by atoms with Crippen molar-refractivity contribution in [2.75, 3.05) is 7.11 Å². The number of Topliss-reactive ketones (excluding diaryl/α,β-unsaturated/α-hetero) is 1. The molecule has 0 amide bonds. The summed E-state index contributed by atoms with van der Waals surface area (Å²) < 4.78 is 5.31. The van der Waals surface area contributed by atoms with Gasteiger partial charge in [-0.15, -0.1) is 0 Å². The number of nitrogens with two attached hydrogens (primary N) is 1. The second-order valence-corrected chi connectivity index (χ2v) is 4.39. The molecule has 2 N–H and O–H groups in total. The fraction of sp³-hybridized carbons (Fsp3) is 0.500. The largest absolute Gasteiger partial charge is 0.496 e. The molecule has 0 heterocycles. The van der Waals surface area contributed by atoms with Crippen molar-refractivity contribution in [2.24, 2.45) is 5.73 Å². The predicted octanol–water partition coefficient (Wildman–Crippen LogP) is 2.16. The monoisotopic (exact) mass is 235 g/mol. The van der Waals surface area contributed by atoms with Gasteiger partial charge in [0.1, 0.15) is 11.5 Å². The summed E-state index contributed by atoms with van der Waals surface area (Å²) in [6.07, 6.45) is 1.09. The highest BCUT2D eigenvalue weighted by atomic mass is 16.5. The van der Waals surface area contributed by atoms with Gasteiger partial charge < -0.3 is 10.5 Å². The Labute approximate surface area is 103 Å². The molecule has 3 heteroatoms. The number of aryl methyl sites for hydroxylation is 2. The first-order valence-electron chi connectivity index (χ1n) is 5.92. The Morgan fingerprint density at radius 1 is 1.35 bits per heavy atom. The van der Waals surface area contributed by atoms with Crippen LogP contribution in [0.3, 0.4) is 0 Å². The van der Waals surface area contributed by atoms with Gasteiger partial charge in [0.2, 0.25) is 0 Å². The summed E-state index contributed by atoms with van der Waals surface area (Å²) in [4.78, 5) is 11.5. The fourth-order valence-corrected chi connectivity index (χ4v) is 2.11. The van der Waals surface area contributed by atoms with E-state index in [9.17, 15) is 4.79 Å². The van der Waals surface area contributed by atoms with E-state index in [0.717, 1.165) is 22.4 Å². The zero-order valence-corrected chi connectivity index (χ0v) is 11.0. The molecule has 17 heavy (non-hydrogen) atoms. The highest BCUT2D eigenvalue weighted by Gasteiger charge is 2.13. The Morgan fingerprint density at radius 3 is 2.29 bits per heavy atom. The Balaban J connectivity index is 2.90. The zero-order chi connectivity index (χ0) is 13.0. The molecule has 1 atom stereocenters. The van der Waals surface area contributed by atoms with E-state index in [1.807, 2.05) is 32.9 Å². The summed E-state index contributed by atoms with van der Waals surface area (Å²) in [5.74, 6) is 1.01.